The molecule has 0 aromatic carbocycles. The van der Waals surface area contributed by atoms with Gasteiger partial charge in [-0.05, 0) is 13.0 Å². The van der Waals surface area contributed by atoms with Crippen molar-refractivity contribution in [2.45, 2.75) is 16.8 Å². The molecule has 1 aromatic rings. The van der Waals surface area contributed by atoms with Gasteiger partial charge in [0.1, 0.15) is 6.33 Å². The summed E-state index contributed by atoms with van der Waals surface area (Å²) in [6.45, 7) is 2.22. The Labute approximate surface area is 69.2 Å². The lowest BCUT2D eigenvalue weighted by molar-refractivity contribution is 0.858. The van der Waals surface area contributed by atoms with Crippen LogP contribution in [0.3, 0.4) is 0 Å². The van der Waals surface area contributed by atoms with Gasteiger partial charge in [0.05, 0.1) is 0 Å². The van der Waals surface area contributed by atoms with Crippen molar-refractivity contribution in [2.75, 3.05) is 13.1 Å². The van der Waals surface area contributed by atoms with Gasteiger partial charge < -0.3 is 5.32 Å². The van der Waals surface area contributed by atoms with Gasteiger partial charge in [-0.3, -0.25) is 5.10 Å². The molecule has 0 amide bonds. The van der Waals surface area contributed by atoms with Crippen molar-refractivity contribution >= 4 is 11.8 Å². The van der Waals surface area contributed by atoms with Crippen molar-refractivity contribution in [3.8, 4) is 0 Å². The van der Waals surface area contributed by atoms with Crippen LogP contribution >= 0.6 is 11.8 Å². The third-order valence-corrected chi connectivity index (χ3v) is 2.84. The highest BCUT2D eigenvalue weighted by Gasteiger charge is 2.16. The molecule has 4 nitrogen and oxygen atoms in total. The van der Waals surface area contributed by atoms with Crippen molar-refractivity contribution in [3.63, 3.8) is 0 Å². The molecule has 2 heterocycles. The lowest BCUT2D eigenvalue weighted by Gasteiger charge is -2.02. The highest BCUT2D eigenvalue weighted by molar-refractivity contribution is 7.99. The van der Waals surface area contributed by atoms with Crippen molar-refractivity contribution in [3.05, 3.63) is 6.33 Å². The highest BCUT2D eigenvalue weighted by Crippen LogP contribution is 2.22. The van der Waals surface area contributed by atoms with E-state index >= 15 is 0 Å². The van der Waals surface area contributed by atoms with Gasteiger partial charge in [0.25, 0.3) is 0 Å². The average molecular weight is 170 g/mol. The summed E-state index contributed by atoms with van der Waals surface area (Å²) in [7, 11) is 0. The molecule has 1 unspecified atom stereocenters. The molecule has 2 rings (SSSR count). The molecule has 0 bridgehead atoms. The Bertz CT molecular complexity index is 204. The van der Waals surface area contributed by atoms with Crippen molar-refractivity contribution in [1.29, 1.82) is 0 Å². The van der Waals surface area contributed by atoms with E-state index in [1.807, 2.05) is 0 Å². The molecular formula is C6H10N4S. The van der Waals surface area contributed by atoms with Crippen LogP contribution in [-0.2, 0) is 0 Å². The SMILES string of the molecule is c1n[nH]c(SC2CCNC2)n1. The van der Waals surface area contributed by atoms with Crippen molar-refractivity contribution < 1.29 is 0 Å². The normalized spacial score (nSPS) is 24.2. The molecule has 5 heteroatoms. The van der Waals surface area contributed by atoms with Crippen LogP contribution in [0.5, 0.6) is 0 Å². The third kappa shape index (κ3) is 1.72. The minimum atomic E-state index is 0.669. The van der Waals surface area contributed by atoms with Gasteiger partial charge in [-0.25, -0.2) is 4.98 Å². The summed E-state index contributed by atoms with van der Waals surface area (Å²) >= 11 is 1.77. The first-order valence-corrected chi connectivity index (χ1v) is 4.56. The maximum absolute atomic E-state index is 4.05. The van der Waals surface area contributed by atoms with Gasteiger partial charge in [0.15, 0.2) is 5.16 Å². The predicted molar refractivity (Wildman–Crippen MR) is 43.5 cm³/mol. The van der Waals surface area contributed by atoms with Crippen LogP contribution in [0.2, 0.25) is 0 Å². The Hall–Kier alpha value is -0.550. The van der Waals surface area contributed by atoms with E-state index in [0.717, 1.165) is 18.2 Å². The number of rotatable bonds is 2. The largest absolute Gasteiger partial charge is 0.316 e. The van der Waals surface area contributed by atoms with E-state index in [9.17, 15) is 0 Å². The summed E-state index contributed by atoms with van der Waals surface area (Å²) in [6.07, 6.45) is 2.77. The number of hydrogen-bond acceptors (Lipinski definition) is 4. The predicted octanol–water partition coefficient (Wildman–Crippen LogP) is 0.259. The number of hydrogen-bond donors (Lipinski definition) is 2. The summed E-state index contributed by atoms with van der Waals surface area (Å²) in [5, 5.41) is 11.5. The van der Waals surface area contributed by atoms with Gasteiger partial charge in [-0.2, -0.15) is 5.10 Å². The fourth-order valence-electron chi connectivity index (χ4n) is 1.14. The molecule has 1 aliphatic rings. The molecular weight excluding hydrogens is 160 g/mol. The minimum absolute atomic E-state index is 0.669. The fourth-order valence-corrected chi connectivity index (χ4v) is 2.10. The second kappa shape index (κ2) is 3.23. The van der Waals surface area contributed by atoms with Gasteiger partial charge in [-0.15, -0.1) is 0 Å². The zero-order valence-corrected chi connectivity index (χ0v) is 6.90. The van der Waals surface area contributed by atoms with Gasteiger partial charge in [0.2, 0.25) is 0 Å². The first kappa shape index (κ1) is 7.12. The van der Waals surface area contributed by atoms with Crippen LogP contribution in [0.4, 0.5) is 0 Å². The summed E-state index contributed by atoms with van der Waals surface area (Å²) in [5.74, 6) is 0. The quantitative estimate of drug-likeness (QED) is 0.668. The lowest BCUT2D eigenvalue weighted by Crippen LogP contribution is -2.10. The van der Waals surface area contributed by atoms with Crippen LogP contribution in [0.25, 0.3) is 0 Å². The molecule has 11 heavy (non-hydrogen) atoms. The Kier molecular flexibility index (Phi) is 2.09. The summed E-state index contributed by atoms with van der Waals surface area (Å²) in [6, 6.07) is 0. The number of aromatic amines is 1. The van der Waals surface area contributed by atoms with Gasteiger partial charge >= 0.3 is 0 Å². The Morgan fingerprint density at radius 2 is 2.64 bits per heavy atom. The summed E-state index contributed by atoms with van der Waals surface area (Å²) < 4.78 is 0. The second-order valence-corrected chi connectivity index (χ2v) is 3.81. The highest BCUT2D eigenvalue weighted by atomic mass is 32.2. The maximum atomic E-state index is 4.05. The molecule has 1 atom stereocenters. The minimum Gasteiger partial charge on any atom is -0.316 e. The number of H-pyrrole nitrogens is 1. The molecule has 0 saturated carbocycles. The molecule has 0 aliphatic carbocycles. The first-order valence-electron chi connectivity index (χ1n) is 3.68. The molecule has 1 aliphatic heterocycles. The average Bonchev–Trinajstić information content (AvgIpc) is 2.60. The van der Waals surface area contributed by atoms with Gasteiger partial charge in [-0.1, -0.05) is 11.8 Å². The number of aromatic nitrogens is 3. The van der Waals surface area contributed by atoms with Gasteiger partial charge in [0, 0.05) is 11.8 Å². The summed E-state index contributed by atoms with van der Waals surface area (Å²) in [4.78, 5) is 4.05. The summed E-state index contributed by atoms with van der Waals surface area (Å²) in [5.41, 5.74) is 0. The monoisotopic (exact) mass is 170 g/mol. The fraction of sp³-hybridized carbons (Fsp3) is 0.667. The van der Waals surface area contributed by atoms with Crippen LogP contribution in [0.15, 0.2) is 11.5 Å². The van der Waals surface area contributed by atoms with Crippen molar-refractivity contribution in [1.82, 2.24) is 20.5 Å². The molecule has 1 fully saturated rings. The van der Waals surface area contributed by atoms with E-state index < -0.39 is 0 Å². The van der Waals surface area contributed by atoms with Crippen LogP contribution < -0.4 is 5.32 Å². The van der Waals surface area contributed by atoms with E-state index in [1.54, 1.807) is 18.1 Å². The van der Waals surface area contributed by atoms with E-state index in [0.29, 0.717) is 5.25 Å². The molecule has 0 radical (unpaired) electrons. The standard InChI is InChI=1S/C6H10N4S/c1-2-7-3-5(1)11-6-8-4-9-10-6/h4-5,7H,1-3H2,(H,8,9,10). The van der Waals surface area contributed by atoms with Crippen LogP contribution in [0.1, 0.15) is 6.42 Å². The van der Waals surface area contributed by atoms with Crippen LogP contribution in [0, 0.1) is 0 Å². The zero-order chi connectivity index (χ0) is 7.52. The molecule has 1 saturated heterocycles. The molecule has 60 valence electrons. The van der Waals surface area contributed by atoms with E-state index in [4.69, 9.17) is 0 Å². The zero-order valence-electron chi connectivity index (χ0n) is 6.08. The number of nitrogens with zero attached hydrogens (tertiary/aromatic N) is 2. The smallest absolute Gasteiger partial charge is 0.183 e. The Balaban J connectivity index is 1.90. The topological polar surface area (TPSA) is 53.6 Å². The molecule has 2 N–H and O–H groups in total. The maximum Gasteiger partial charge on any atom is 0.183 e. The third-order valence-electron chi connectivity index (χ3n) is 1.69. The van der Waals surface area contributed by atoms with Crippen LogP contribution in [-0.4, -0.2) is 33.5 Å². The molecule has 1 aromatic heterocycles. The lowest BCUT2D eigenvalue weighted by atomic mass is 10.4. The number of thioether (sulfide) groups is 1. The first-order chi connectivity index (χ1) is 5.45. The van der Waals surface area contributed by atoms with E-state index in [2.05, 4.69) is 20.5 Å². The van der Waals surface area contributed by atoms with Crippen molar-refractivity contribution in [2.24, 2.45) is 0 Å². The Morgan fingerprint density at radius 3 is 3.27 bits per heavy atom. The van der Waals surface area contributed by atoms with E-state index in [1.165, 1.54) is 6.42 Å². The van der Waals surface area contributed by atoms with E-state index in [-0.39, 0.29) is 0 Å². The Morgan fingerprint density at radius 1 is 1.64 bits per heavy atom. The number of nitrogens with one attached hydrogen (secondary N) is 2. The second-order valence-electron chi connectivity index (χ2n) is 2.52. The molecule has 0 spiro atoms.